The Morgan fingerprint density at radius 2 is 1.78 bits per heavy atom. The molecule has 18 heavy (non-hydrogen) atoms. The van der Waals surface area contributed by atoms with Gasteiger partial charge in [-0.15, -0.1) is 0 Å². The van der Waals surface area contributed by atoms with E-state index in [1.807, 2.05) is 0 Å². The highest BCUT2D eigenvalue weighted by Crippen LogP contribution is 2.36. The van der Waals surface area contributed by atoms with Crippen LogP contribution in [-0.4, -0.2) is 20.5 Å². The molecule has 0 spiro atoms. The summed E-state index contributed by atoms with van der Waals surface area (Å²) in [6.45, 7) is 0.275. The third-order valence-corrected chi connectivity index (χ3v) is 2.65. The summed E-state index contributed by atoms with van der Waals surface area (Å²) < 4.78 is 15.5. The fourth-order valence-corrected chi connectivity index (χ4v) is 1.78. The molecule has 3 nitrogen and oxygen atoms in total. The van der Waals surface area contributed by atoms with Crippen molar-refractivity contribution in [3.8, 4) is 11.5 Å². The average Bonchev–Trinajstić information content (AvgIpc) is 2.27. The lowest BCUT2D eigenvalue weighted by Gasteiger charge is -2.11. The van der Waals surface area contributed by atoms with Crippen molar-refractivity contribution in [1.82, 2.24) is 0 Å². The van der Waals surface area contributed by atoms with Crippen LogP contribution in [0.5, 0.6) is 11.5 Å². The first-order chi connectivity index (χ1) is 8.54. The molecule has 0 N–H and O–H groups in total. The van der Waals surface area contributed by atoms with Gasteiger partial charge in [-0.3, -0.25) is 0 Å². The number of ether oxygens (including phenoxy) is 3. The normalized spacial score (nSPS) is 10.1. The van der Waals surface area contributed by atoms with E-state index in [1.165, 1.54) is 13.2 Å². The molecule has 7 heteroatoms. The van der Waals surface area contributed by atoms with Crippen molar-refractivity contribution < 1.29 is 14.2 Å². The smallest absolute Gasteiger partial charge is 0.188 e. The van der Waals surface area contributed by atoms with Crippen LogP contribution in [0.15, 0.2) is 22.7 Å². The Labute approximate surface area is 125 Å². The van der Waals surface area contributed by atoms with Crippen LogP contribution >= 0.6 is 46.4 Å². The zero-order chi connectivity index (χ0) is 13.5. The maximum Gasteiger partial charge on any atom is 0.188 e. The van der Waals surface area contributed by atoms with E-state index >= 15 is 0 Å². The minimum absolute atomic E-state index is 0.0598. The lowest BCUT2D eigenvalue weighted by molar-refractivity contribution is 0.0512. The molecule has 0 amide bonds. The zero-order valence-electron chi connectivity index (χ0n) is 9.38. The molecule has 100 valence electrons. The van der Waals surface area contributed by atoms with Crippen LogP contribution in [0.4, 0.5) is 0 Å². The maximum atomic E-state index is 6.00. The van der Waals surface area contributed by atoms with Crippen LogP contribution in [0.2, 0.25) is 10.0 Å². The van der Waals surface area contributed by atoms with E-state index in [2.05, 4.69) is 0 Å². The lowest BCUT2D eigenvalue weighted by Crippen LogP contribution is -2.01. The van der Waals surface area contributed by atoms with E-state index in [-0.39, 0.29) is 17.9 Å². The van der Waals surface area contributed by atoms with Crippen molar-refractivity contribution in [2.24, 2.45) is 0 Å². The average molecular weight is 332 g/mol. The number of rotatable bonds is 6. The zero-order valence-corrected chi connectivity index (χ0v) is 12.4. The van der Waals surface area contributed by atoms with E-state index in [9.17, 15) is 0 Å². The van der Waals surface area contributed by atoms with Crippen molar-refractivity contribution >= 4 is 46.4 Å². The van der Waals surface area contributed by atoms with Crippen molar-refractivity contribution in [1.29, 1.82) is 0 Å². The van der Waals surface area contributed by atoms with E-state index in [4.69, 9.17) is 60.6 Å². The molecular weight excluding hydrogens is 322 g/mol. The molecule has 0 unspecified atom stereocenters. The van der Waals surface area contributed by atoms with Gasteiger partial charge in [0.05, 0.1) is 10.0 Å². The molecular formula is C11H10Cl4O3. The van der Waals surface area contributed by atoms with E-state index < -0.39 is 0 Å². The molecule has 0 atom stereocenters. The summed E-state index contributed by atoms with van der Waals surface area (Å²) in [5.74, 6) is 0.832. The molecule has 0 saturated carbocycles. The second kappa shape index (κ2) is 7.97. The molecule has 0 aliphatic rings. The van der Waals surface area contributed by atoms with Gasteiger partial charge in [0.15, 0.2) is 12.5 Å². The molecule has 1 aromatic carbocycles. The molecule has 0 aromatic heterocycles. The Hall–Kier alpha value is -0.320. The summed E-state index contributed by atoms with van der Waals surface area (Å²) in [5.41, 5.74) is 0. The van der Waals surface area contributed by atoms with Crippen LogP contribution in [-0.2, 0) is 4.74 Å². The highest BCUT2D eigenvalue weighted by atomic mass is 35.5. The van der Waals surface area contributed by atoms with Gasteiger partial charge >= 0.3 is 0 Å². The Morgan fingerprint density at radius 1 is 1.17 bits per heavy atom. The topological polar surface area (TPSA) is 27.7 Å². The standard InChI is InChI=1S/C11H10Cl4O3/c1-16-6-18-11-8(12)4-7(5-9(11)13)17-3-2-10(14)15/h2,4-5H,3,6H2,1H3. The third-order valence-electron chi connectivity index (χ3n) is 1.78. The monoisotopic (exact) mass is 330 g/mol. The predicted octanol–water partition coefficient (Wildman–Crippen LogP) is 4.67. The summed E-state index contributed by atoms with van der Waals surface area (Å²) in [4.78, 5) is 0. The van der Waals surface area contributed by atoms with Crippen molar-refractivity contribution in [3.63, 3.8) is 0 Å². The van der Waals surface area contributed by atoms with Gasteiger partial charge in [0.2, 0.25) is 0 Å². The Morgan fingerprint density at radius 3 is 2.28 bits per heavy atom. The second-order valence-electron chi connectivity index (χ2n) is 3.07. The Kier molecular flexibility index (Phi) is 6.97. The first-order valence-electron chi connectivity index (χ1n) is 4.79. The number of hydrogen-bond acceptors (Lipinski definition) is 3. The molecule has 1 rings (SSSR count). The fraction of sp³-hybridized carbons (Fsp3) is 0.273. The molecule has 0 aliphatic carbocycles. The van der Waals surface area contributed by atoms with Gasteiger partial charge in [0.25, 0.3) is 0 Å². The van der Waals surface area contributed by atoms with E-state index in [0.29, 0.717) is 21.5 Å². The molecule has 0 bridgehead atoms. The van der Waals surface area contributed by atoms with Crippen molar-refractivity contribution in [2.45, 2.75) is 0 Å². The maximum absolute atomic E-state index is 6.00. The van der Waals surface area contributed by atoms with Gasteiger partial charge in [-0.1, -0.05) is 46.4 Å². The van der Waals surface area contributed by atoms with Crippen LogP contribution in [0, 0.1) is 0 Å². The van der Waals surface area contributed by atoms with Gasteiger partial charge < -0.3 is 14.2 Å². The Balaban J connectivity index is 2.76. The molecule has 0 radical (unpaired) electrons. The first-order valence-corrected chi connectivity index (χ1v) is 6.30. The molecule has 0 heterocycles. The molecule has 0 aliphatic heterocycles. The van der Waals surface area contributed by atoms with Gasteiger partial charge in [0, 0.05) is 19.2 Å². The molecule has 0 fully saturated rings. The van der Waals surface area contributed by atoms with Crippen LogP contribution < -0.4 is 9.47 Å². The summed E-state index contributed by atoms with van der Waals surface area (Å²) in [7, 11) is 1.50. The lowest BCUT2D eigenvalue weighted by atomic mass is 10.3. The first kappa shape index (κ1) is 15.7. The number of methoxy groups -OCH3 is 1. The summed E-state index contributed by atoms with van der Waals surface area (Å²) in [6.07, 6.45) is 1.50. The third kappa shape index (κ3) is 5.12. The largest absolute Gasteiger partial charge is 0.489 e. The number of hydrogen-bond donors (Lipinski definition) is 0. The minimum Gasteiger partial charge on any atom is -0.489 e. The number of benzene rings is 1. The van der Waals surface area contributed by atoms with Gasteiger partial charge in [-0.05, 0) is 6.08 Å². The van der Waals surface area contributed by atoms with Gasteiger partial charge in [-0.25, -0.2) is 0 Å². The SMILES string of the molecule is COCOc1c(Cl)cc(OCC=C(Cl)Cl)cc1Cl. The van der Waals surface area contributed by atoms with Gasteiger partial charge in [-0.2, -0.15) is 0 Å². The van der Waals surface area contributed by atoms with E-state index in [0.717, 1.165) is 0 Å². The predicted molar refractivity (Wildman–Crippen MR) is 74.3 cm³/mol. The highest BCUT2D eigenvalue weighted by molar-refractivity contribution is 6.55. The molecule has 1 aromatic rings. The highest BCUT2D eigenvalue weighted by Gasteiger charge is 2.10. The van der Waals surface area contributed by atoms with Gasteiger partial charge in [0.1, 0.15) is 16.8 Å². The second-order valence-corrected chi connectivity index (χ2v) is 4.89. The summed E-state index contributed by atoms with van der Waals surface area (Å²) in [5, 5.41) is 0.658. The number of halogens is 4. The van der Waals surface area contributed by atoms with Crippen LogP contribution in [0.25, 0.3) is 0 Å². The van der Waals surface area contributed by atoms with Crippen molar-refractivity contribution in [2.75, 3.05) is 20.5 Å². The minimum atomic E-state index is 0.0598. The molecule has 0 saturated heterocycles. The van der Waals surface area contributed by atoms with Crippen LogP contribution in [0.3, 0.4) is 0 Å². The Bertz CT molecular complexity index is 407. The van der Waals surface area contributed by atoms with E-state index in [1.54, 1.807) is 12.1 Å². The van der Waals surface area contributed by atoms with Crippen LogP contribution in [0.1, 0.15) is 0 Å². The summed E-state index contributed by atoms with van der Waals surface area (Å²) in [6, 6.07) is 3.16. The fourth-order valence-electron chi connectivity index (χ4n) is 1.08. The quantitative estimate of drug-likeness (QED) is 0.709. The summed E-state index contributed by atoms with van der Waals surface area (Å²) >= 11 is 22.9. The van der Waals surface area contributed by atoms with Crippen molar-refractivity contribution in [3.05, 3.63) is 32.7 Å².